The van der Waals surface area contributed by atoms with Crippen LogP contribution in [0.2, 0.25) is 0 Å². The van der Waals surface area contributed by atoms with E-state index in [1.807, 2.05) is 13.8 Å². The van der Waals surface area contributed by atoms with E-state index in [1.165, 1.54) is 13.0 Å². The molecule has 0 aliphatic carbocycles. The Balaban J connectivity index is 2.79. The second kappa shape index (κ2) is 3.83. The number of fused-ring (bicyclic) bond motifs is 1. The number of cyclic esters (lactones) is 1. The number of aromatic hydroxyl groups is 1. The molecule has 1 heterocycles. The summed E-state index contributed by atoms with van der Waals surface area (Å²) in [5.74, 6) is -0.767. The van der Waals surface area contributed by atoms with Crippen LogP contribution in [0.25, 0.3) is 0 Å². The number of Topliss-reactive ketones (excluding diaryl/α,β-unsaturated/α-hetero) is 1. The lowest BCUT2D eigenvalue weighted by Gasteiger charge is -2.22. The van der Waals surface area contributed by atoms with Crippen molar-refractivity contribution in [1.29, 1.82) is 0 Å². The minimum absolute atomic E-state index is 0.0864. The number of hydrogen-bond acceptors (Lipinski definition) is 4. The molecule has 4 heteroatoms. The predicted octanol–water partition coefficient (Wildman–Crippen LogP) is 2.70. The summed E-state index contributed by atoms with van der Waals surface area (Å²) in [6.45, 7) is 6.75. The highest BCUT2D eigenvalue weighted by Gasteiger charge is 2.42. The van der Waals surface area contributed by atoms with Gasteiger partial charge in [-0.3, -0.25) is 4.79 Å². The first-order valence-electron chi connectivity index (χ1n) is 5.93. The molecule has 1 N–H and O–H groups in total. The quantitative estimate of drug-likeness (QED) is 0.645. The highest BCUT2D eigenvalue weighted by molar-refractivity contribution is 6.04. The Kier molecular flexibility index (Phi) is 2.69. The third-order valence-electron chi connectivity index (χ3n) is 3.68. The van der Waals surface area contributed by atoms with E-state index in [1.54, 1.807) is 6.92 Å². The summed E-state index contributed by atoms with van der Waals surface area (Å²) in [5, 5.41) is 9.95. The molecule has 0 saturated carbocycles. The Labute approximate surface area is 106 Å². The van der Waals surface area contributed by atoms with Crippen LogP contribution in [0.5, 0.6) is 5.75 Å². The zero-order valence-electron chi connectivity index (χ0n) is 11.0. The highest BCUT2D eigenvalue weighted by atomic mass is 16.6. The van der Waals surface area contributed by atoms with Crippen LogP contribution in [0, 0.1) is 6.92 Å². The highest BCUT2D eigenvalue weighted by Crippen LogP contribution is 2.43. The Morgan fingerprint density at radius 1 is 1.50 bits per heavy atom. The van der Waals surface area contributed by atoms with Gasteiger partial charge in [0, 0.05) is 5.56 Å². The SMILES string of the molecule is CCC1(C)OC(=O)c2c1cc(O)c(C(C)=O)c2C. The lowest BCUT2D eigenvalue weighted by atomic mass is 9.87. The van der Waals surface area contributed by atoms with Crippen LogP contribution in [0.15, 0.2) is 6.07 Å². The molecule has 1 aliphatic heterocycles. The molecule has 1 aliphatic rings. The average molecular weight is 248 g/mol. The van der Waals surface area contributed by atoms with Crippen LogP contribution in [-0.4, -0.2) is 16.9 Å². The molecule has 0 bridgehead atoms. The standard InChI is InChI=1S/C14H16O4/c1-5-14(4)9-6-10(16)11(8(3)15)7(2)12(9)13(17)18-14/h6,16H,5H2,1-4H3. The molecule has 0 spiro atoms. The van der Waals surface area contributed by atoms with E-state index in [-0.39, 0.29) is 17.1 Å². The number of benzene rings is 1. The zero-order valence-corrected chi connectivity index (χ0v) is 11.0. The lowest BCUT2D eigenvalue weighted by molar-refractivity contribution is -0.000851. The van der Waals surface area contributed by atoms with Crippen molar-refractivity contribution in [3.8, 4) is 5.75 Å². The van der Waals surface area contributed by atoms with Gasteiger partial charge in [-0.2, -0.15) is 0 Å². The van der Waals surface area contributed by atoms with Gasteiger partial charge in [-0.05, 0) is 38.8 Å². The van der Waals surface area contributed by atoms with Crippen molar-refractivity contribution in [3.63, 3.8) is 0 Å². The molecule has 1 unspecified atom stereocenters. The van der Waals surface area contributed by atoms with Gasteiger partial charge < -0.3 is 9.84 Å². The summed E-state index contributed by atoms with van der Waals surface area (Å²) in [6, 6.07) is 1.48. The van der Waals surface area contributed by atoms with E-state index in [2.05, 4.69) is 0 Å². The first-order valence-corrected chi connectivity index (χ1v) is 5.93. The maximum Gasteiger partial charge on any atom is 0.339 e. The van der Waals surface area contributed by atoms with Gasteiger partial charge in [0.25, 0.3) is 0 Å². The maximum absolute atomic E-state index is 11.9. The largest absolute Gasteiger partial charge is 0.507 e. The fraction of sp³-hybridized carbons (Fsp3) is 0.429. The van der Waals surface area contributed by atoms with Crippen LogP contribution in [-0.2, 0) is 10.3 Å². The van der Waals surface area contributed by atoms with Crippen LogP contribution < -0.4 is 0 Å². The number of hydrogen-bond donors (Lipinski definition) is 1. The molecule has 0 fully saturated rings. The van der Waals surface area contributed by atoms with E-state index in [0.717, 1.165) is 0 Å². The van der Waals surface area contributed by atoms with E-state index in [4.69, 9.17) is 4.74 Å². The Hall–Kier alpha value is -1.84. The van der Waals surface area contributed by atoms with E-state index in [0.29, 0.717) is 23.1 Å². The average Bonchev–Trinajstić information content (AvgIpc) is 2.51. The fourth-order valence-corrected chi connectivity index (χ4v) is 2.50. The molecule has 96 valence electrons. The molecule has 0 radical (unpaired) electrons. The summed E-state index contributed by atoms with van der Waals surface area (Å²) >= 11 is 0. The van der Waals surface area contributed by atoms with Gasteiger partial charge in [0.2, 0.25) is 0 Å². The molecule has 2 rings (SSSR count). The van der Waals surface area contributed by atoms with E-state index < -0.39 is 11.6 Å². The zero-order chi connectivity index (χ0) is 13.7. The van der Waals surface area contributed by atoms with Crippen LogP contribution in [0.1, 0.15) is 59.0 Å². The Bertz CT molecular complexity index is 559. The monoisotopic (exact) mass is 248 g/mol. The summed E-state index contributed by atoms with van der Waals surface area (Å²) in [5.41, 5.74) is 1.06. The first kappa shape index (κ1) is 12.6. The summed E-state index contributed by atoms with van der Waals surface area (Å²) in [4.78, 5) is 23.4. The predicted molar refractivity (Wildman–Crippen MR) is 65.9 cm³/mol. The van der Waals surface area contributed by atoms with Crippen molar-refractivity contribution in [2.75, 3.05) is 0 Å². The third-order valence-corrected chi connectivity index (χ3v) is 3.68. The number of carbonyl (C=O) groups excluding carboxylic acids is 2. The number of phenols is 1. The summed E-state index contributed by atoms with van der Waals surface area (Å²) < 4.78 is 5.38. The van der Waals surface area contributed by atoms with Gasteiger partial charge in [0.05, 0.1) is 11.1 Å². The number of phenolic OH excluding ortho intramolecular Hbond substituents is 1. The fourth-order valence-electron chi connectivity index (χ4n) is 2.50. The Morgan fingerprint density at radius 3 is 2.61 bits per heavy atom. The molecule has 1 aromatic carbocycles. The maximum atomic E-state index is 11.9. The van der Waals surface area contributed by atoms with Gasteiger partial charge in [-0.1, -0.05) is 6.92 Å². The minimum Gasteiger partial charge on any atom is -0.507 e. The number of rotatable bonds is 2. The van der Waals surface area contributed by atoms with E-state index >= 15 is 0 Å². The second-order valence-corrected chi connectivity index (χ2v) is 4.85. The molecule has 1 aromatic rings. The van der Waals surface area contributed by atoms with Gasteiger partial charge in [0.15, 0.2) is 5.78 Å². The number of ketones is 1. The van der Waals surface area contributed by atoms with Crippen molar-refractivity contribution in [1.82, 2.24) is 0 Å². The molecule has 0 aromatic heterocycles. The second-order valence-electron chi connectivity index (χ2n) is 4.85. The number of ether oxygens (including phenoxy) is 1. The molecular weight excluding hydrogens is 232 g/mol. The van der Waals surface area contributed by atoms with Gasteiger partial charge in [0.1, 0.15) is 11.4 Å². The topological polar surface area (TPSA) is 63.6 Å². The summed E-state index contributed by atoms with van der Waals surface area (Å²) in [6.07, 6.45) is 0.615. The van der Waals surface area contributed by atoms with Crippen molar-refractivity contribution in [3.05, 3.63) is 28.3 Å². The molecule has 18 heavy (non-hydrogen) atoms. The van der Waals surface area contributed by atoms with Gasteiger partial charge >= 0.3 is 5.97 Å². The lowest BCUT2D eigenvalue weighted by Crippen LogP contribution is -2.20. The first-order chi connectivity index (χ1) is 8.31. The number of carbonyl (C=O) groups is 2. The molecule has 4 nitrogen and oxygen atoms in total. The van der Waals surface area contributed by atoms with Crippen molar-refractivity contribution in [2.24, 2.45) is 0 Å². The van der Waals surface area contributed by atoms with Crippen LogP contribution >= 0.6 is 0 Å². The van der Waals surface area contributed by atoms with Crippen LogP contribution in [0.3, 0.4) is 0 Å². The van der Waals surface area contributed by atoms with Crippen LogP contribution in [0.4, 0.5) is 0 Å². The summed E-state index contributed by atoms with van der Waals surface area (Å²) in [7, 11) is 0. The molecule has 0 amide bonds. The minimum atomic E-state index is -0.718. The van der Waals surface area contributed by atoms with Gasteiger partial charge in [-0.15, -0.1) is 0 Å². The normalized spacial score (nSPS) is 21.7. The van der Waals surface area contributed by atoms with E-state index in [9.17, 15) is 14.7 Å². The Morgan fingerprint density at radius 2 is 2.11 bits per heavy atom. The molecule has 1 atom stereocenters. The molecule has 0 saturated heterocycles. The number of esters is 1. The van der Waals surface area contributed by atoms with Crippen molar-refractivity contribution in [2.45, 2.75) is 39.7 Å². The molecular formula is C14H16O4. The third kappa shape index (κ3) is 1.52. The van der Waals surface area contributed by atoms with Crippen molar-refractivity contribution < 1.29 is 19.4 Å². The smallest absolute Gasteiger partial charge is 0.339 e. The van der Waals surface area contributed by atoms with Gasteiger partial charge in [-0.25, -0.2) is 4.79 Å². The van der Waals surface area contributed by atoms with Crippen molar-refractivity contribution >= 4 is 11.8 Å².